The highest BCUT2D eigenvalue weighted by Gasteiger charge is 2.18. The van der Waals surface area contributed by atoms with Crippen LogP contribution in [0.2, 0.25) is 10.0 Å². The fourth-order valence-corrected chi connectivity index (χ4v) is 4.37. The average Bonchev–Trinajstić information content (AvgIpc) is 3.14. The van der Waals surface area contributed by atoms with Crippen LogP contribution >= 0.6 is 50.9 Å². The van der Waals surface area contributed by atoms with E-state index in [1.54, 1.807) is 25.1 Å². The smallest absolute Gasteiger partial charge is 0.277 e. The van der Waals surface area contributed by atoms with E-state index in [4.69, 9.17) is 32.4 Å². The van der Waals surface area contributed by atoms with Crippen molar-refractivity contribution in [2.75, 3.05) is 11.1 Å². The van der Waals surface area contributed by atoms with E-state index in [0.29, 0.717) is 15.8 Å². The average molecular weight is 531 g/mol. The molecule has 0 saturated carbocycles. The molecule has 2 aromatic carbocycles. The number of amides is 1. The molecule has 3 rings (SSSR count). The molecular formula is C20H18BrCl2N3O3S. The molecule has 0 fully saturated rings. The van der Waals surface area contributed by atoms with E-state index in [9.17, 15) is 4.79 Å². The van der Waals surface area contributed by atoms with Gasteiger partial charge in [-0.2, -0.15) is 0 Å². The lowest BCUT2D eigenvalue weighted by Gasteiger charge is -2.12. The number of ether oxygens (including phenoxy) is 1. The number of hydrogen-bond acceptors (Lipinski definition) is 6. The van der Waals surface area contributed by atoms with Crippen molar-refractivity contribution in [3.05, 3.63) is 61.9 Å². The molecule has 1 aromatic heterocycles. The van der Waals surface area contributed by atoms with Crippen LogP contribution < -0.4 is 10.1 Å². The van der Waals surface area contributed by atoms with Gasteiger partial charge in [-0.05, 0) is 62.2 Å². The molecule has 6 nitrogen and oxygen atoms in total. The summed E-state index contributed by atoms with van der Waals surface area (Å²) < 4.78 is 12.3. The lowest BCUT2D eigenvalue weighted by molar-refractivity contribution is -0.113. The van der Waals surface area contributed by atoms with Gasteiger partial charge in [-0.1, -0.05) is 50.9 Å². The number of hydrogen-bond donors (Lipinski definition) is 1. The summed E-state index contributed by atoms with van der Waals surface area (Å²) in [6.07, 6.45) is -0.521. The number of thioether (sulfide) groups is 1. The Labute approximate surface area is 196 Å². The highest BCUT2D eigenvalue weighted by molar-refractivity contribution is 9.10. The molecule has 30 heavy (non-hydrogen) atoms. The van der Waals surface area contributed by atoms with Crippen molar-refractivity contribution in [1.29, 1.82) is 0 Å². The first-order chi connectivity index (χ1) is 14.2. The van der Waals surface area contributed by atoms with Crippen molar-refractivity contribution in [2.45, 2.75) is 32.1 Å². The maximum absolute atomic E-state index is 12.3. The third-order valence-electron chi connectivity index (χ3n) is 4.06. The molecule has 1 atom stereocenters. The second-order valence-electron chi connectivity index (χ2n) is 6.49. The number of carbonyl (C=O) groups is 1. The Kier molecular flexibility index (Phi) is 7.68. The first-order valence-electron chi connectivity index (χ1n) is 8.87. The third-order valence-corrected chi connectivity index (χ3v) is 5.86. The molecule has 0 aliphatic rings. The molecule has 0 saturated heterocycles. The number of benzene rings is 2. The zero-order chi connectivity index (χ0) is 21.8. The SMILES string of the molecule is Cc1cc(Br)cc(C)c1NC(=O)CSc1nnc([C@@H](C)Oc2ccc(Cl)cc2Cl)o1. The maximum atomic E-state index is 12.3. The Morgan fingerprint density at radius 1 is 1.23 bits per heavy atom. The van der Waals surface area contributed by atoms with Crippen LogP contribution in [0.1, 0.15) is 30.0 Å². The van der Waals surface area contributed by atoms with Crippen molar-refractivity contribution in [1.82, 2.24) is 10.2 Å². The van der Waals surface area contributed by atoms with Crippen molar-refractivity contribution in [2.24, 2.45) is 0 Å². The number of halogens is 3. The van der Waals surface area contributed by atoms with E-state index >= 15 is 0 Å². The zero-order valence-electron chi connectivity index (χ0n) is 16.3. The Morgan fingerprint density at radius 3 is 2.60 bits per heavy atom. The van der Waals surface area contributed by atoms with Crippen LogP contribution in [0.15, 0.2) is 44.4 Å². The van der Waals surface area contributed by atoms with Gasteiger partial charge in [0.2, 0.25) is 5.91 Å². The Hall–Kier alpha value is -1.74. The Morgan fingerprint density at radius 2 is 1.93 bits per heavy atom. The normalized spacial score (nSPS) is 11.9. The van der Waals surface area contributed by atoms with Gasteiger partial charge < -0.3 is 14.5 Å². The third kappa shape index (κ3) is 5.91. The highest BCUT2D eigenvalue weighted by atomic mass is 79.9. The van der Waals surface area contributed by atoms with Gasteiger partial charge in [-0.3, -0.25) is 4.79 Å². The molecular weight excluding hydrogens is 513 g/mol. The topological polar surface area (TPSA) is 77.2 Å². The van der Waals surface area contributed by atoms with Crippen molar-refractivity contribution in [3.8, 4) is 5.75 Å². The van der Waals surface area contributed by atoms with Gasteiger partial charge in [0.15, 0.2) is 6.10 Å². The van der Waals surface area contributed by atoms with Crippen LogP contribution in [-0.2, 0) is 4.79 Å². The van der Waals surface area contributed by atoms with Gasteiger partial charge >= 0.3 is 0 Å². The molecule has 1 amide bonds. The summed E-state index contributed by atoms with van der Waals surface area (Å²) in [6.45, 7) is 5.65. The van der Waals surface area contributed by atoms with Crippen LogP contribution in [0.25, 0.3) is 0 Å². The first kappa shape index (κ1) is 22.9. The molecule has 1 heterocycles. The predicted octanol–water partition coefficient (Wildman–Crippen LogP) is 6.63. The summed E-state index contributed by atoms with van der Waals surface area (Å²) in [6, 6.07) is 8.85. The van der Waals surface area contributed by atoms with E-state index in [0.717, 1.165) is 33.0 Å². The standard InChI is InChI=1S/C20H18BrCl2N3O3S/c1-10-6-13(21)7-11(2)18(10)24-17(27)9-30-20-26-25-19(29-20)12(3)28-16-5-4-14(22)8-15(16)23/h4-8,12H,9H2,1-3H3,(H,24,27)/t12-/m1/s1. The molecule has 0 aliphatic heterocycles. The minimum atomic E-state index is -0.521. The van der Waals surface area contributed by atoms with Gasteiger partial charge in [0.1, 0.15) is 5.75 Å². The largest absolute Gasteiger partial charge is 0.479 e. The molecule has 0 bridgehead atoms. The fraction of sp³-hybridized carbons (Fsp3) is 0.250. The first-order valence-corrected chi connectivity index (χ1v) is 11.4. The predicted molar refractivity (Wildman–Crippen MR) is 123 cm³/mol. The minimum absolute atomic E-state index is 0.134. The number of rotatable bonds is 7. The summed E-state index contributed by atoms with van der Waals surface area (Å²) in [7, 11) is 0. The number of anilines is 1. The quantitative estimate of drug-likeness (QED) is 0.345. The molecule has 0 aliphatic carbocycles. The molecule has 0 spiro atoms. The van der Waals surface area contributed by atoms with E-state index in [-0.39, 0.29) is 22.8 Å². The fourth-order valence-electron chi connectivity index (χ4n) is 2.67. The number of aromatic nitrogens is 2. The van der Waals surface area contributed by atoms with E-state index in [1.807, 2.05) is 26.0 Å². The summed E-state index contributed by atoms with van der Waals surface area (Å²) in [5.41, 5.74) is 2.76. The van der Waals surface area contributed by atoms with Gasteiger partial charge in [0, 0.05) is 15.2 Å². The molecule has 1 N–H and O–H groups in total. The molecule has 158 valence electrons. The molecule has 10 heteroatoms. The van der Waals surface area contributed by atoms with Crippen LogP contribution in [0.4, 0.5) is 5.69 Å². The van der Waals surface area contributed by atoms with Crippen molar-refractivity contribution >= 4 is 62.5 Å². The van der Waals surface area contributed by atoms with E-state index in [1.165, 1.54) is 0 Å². The number of nitrogens with one attached hydrogen (secondary N) is 1. The van der Waals surface area contributed by atoms with Gasteiger partial charge in [-0.25, -0.2) is 0 Å². The summed E-state index contributed by atoms with van der Waals surface area (Å²) in [4.78, 5) is 12.3. The van der Waals surface area contributed by atoms with Crippen LogP contribution in [0.5, 0.6) is 5.75 Å². The summed E-state index contributed by atoms with van der Waals surface area (Å²) in [5.74, 6) is 0.712. The Balaban J connectivity index is 1.57. The van der Waals surface area contributed by atoms with E-state index in [2.05, 4.69) is 31.4 Å². The lowest BCUT2D eigenvalue weighted by Crippen LogP contribution is -2.15. The highest BCUT2D eigenvalue weighted by Crippen LogP contribution is 2.31. The lowest BCUT2D eigenvalue weighted by atomic mass is 10.1. The van der Waals surface area contributed by atoms with Gasteiger partial charge in [-0.15, -0.1) is 10.2 Å². The van der Waals surface area contributed by atoms with Crippen molar-refractivity contribution < 1.29 is 13.9 Å². The number of nitrogens with zero attached hydrogens (tertiary/aromatic N) is 2. The maximum Gasteiger partial charge on any atom is 0.277 e. The molecule has 3 aromatic rings. The van der Waals surface area contributed by atoms with Crippen LogP contribution in [0.3, 0.4) is 0 Å². The van der Waals surface area contributed by atoms with Gasteiger partial charge in [0.05, 0.1) is 10.8 Å². The zero-order valence-corrected chi connectivity index (χ0v) is 20.2. The van der Waals surface area contributed by atoms with Crippen LogP contribution in [0, 0.1) is 13.8 Å². The Bertz CT molecular complexity index is 1050. The second kappa shape index (κ2) is 10.0. The summed E-state index contributed by atoms with van der Waals surface area (Å²) in [5, 5.41) is 12.1. The second-order valence-corrected chi connectivity index (χ2v) is 9.18. The number of carbonyl (C=O) groups excluding carboxylic acids is 1. The minimum Gasteiger partial charge on any atom is -0.479 e. The summed E-state index contributed by atoms with van der Waals surface area (Å²) >= 11 is 16.6. The van der Waals surface area contributed by atoms with Crippen molar-refractivity contribution in [3.63, 3.8) is 0 Å². The van der Waals surface area contributed by atoms with Crippen LogP contribution in [-0.4, -0.2) is 21.9 Å². The molecule has 0 unspecified atom stereocenters. The molecule has 0 radical (unpaired) electrons. The number of aryl methyl sites for hydroxylation is 2. The van der Waals surface area contributed by atoms with Gasteiger partial charge in [0.25, 0.3) is 11.1 Å². The van der Waals surface area contributed by atoms with E-state index < -0.39 is 6.10 Å². The monoisotopic (exact) mass is 529 g/mol.